The van der Waals surface area contributed by atoms with Gasteiger partial charge in [-0.1, -0.05) is 11.2 Å². The van der Waals surface area contributed by atoms with Crippen LogP contribution in [-0.2, 0) is 10.0 Å². The van der Waals surface area contributed by atoms with Gasteiger partial charge < -0.3 is 19.3 Å². The van der Waals surface area contributed by atoms with E-state index < -0.39 is 15.9 Å². The van der Waals surface area contributed by atoms with E-state index in [0.29, 0.717) is 30.5 Å². The largest absolute Gasteiger partial charge is 0.486 e. The molecule has 0 fully saturated rings. The summed E-state index contributed by atoms with van der Waals surface area (Å²) in [6.07, 6.45) is 0. The molecule has 3 aromatic rings. The van der Waals surface area contributed by atoms with Gasteiger partial charge in [0.05, 0.1) is 4.90 Å². The molecule has 0 atom stereocenters. The maximum atomic E-state index is 12.7. The van der Waals surface area contributed by atoms with Crippen molar-refractivity contribution >= 4 is 27.4 Å². The summed E-state index contributed by atoms with van der Waals surface area (Å²) in [6.45, 7) is 2.47. The van der Waals surface area contributed by atoms with E-state index in [1.165, 1.54) is 18.2 Å². The smallest absolute Gasteiger partial charge is 0.262 e. The molecule has 29 heavy (non-hydrogen) atoms. The highest BCUT2D eigenvalue weighted by Crippen LogP contribution is 2.32. The van der Waals surface area contributed by atoms with Crippen LogP contribution in [0.2, 0.25) is 0 Å². The van der Waals surface area contributed by atoms with Gasteiger partial charge in [0.1, 0.15) is 19.0 Å². The van der Waals surface area contributed by atoms with Gasteiger partial charge in [-0.05, 0) is 37.3 Å². The fourth-order valence-electron chi connectivity index (χ4n) is 2.74. The van der Waals surface area contributed by atoms with Gasteiger partial charge in [0.15, 0.2) is 17.3 Å². The molecule has 4 rings (SSSR count). The average Bonchev–Trinajstić information content (AvgIpc) is 3.12. The molecule has 2 heterocycles. The normalized spacial score (nSPS) is 13.0. The minimum atomic E-state index is -3.89. The molecule has 0 saturated heterocycles. The number of amides is 1. The van der Waals surface area contributed by atoms with Crippen LogP contribution >= 0.6 is 0 Å². The van der Waals surface area contributed by atoms with Crippen LogP contribution in [0.15, 0.2) is 57.9 Å². The van der Waals surface area contributed by atoms with Crippen LogP contribution in [0, 0.1) is 6.92 Å². The Morgan fingerprint density at radius 1 is 1.03 bits per heavy atom. The van der Waals surface area contributed by atoms with E-state index in [-0.39, 0.29) is 22.0 Å². The molecule has 10 heteroatoms. The van der Waals surface area contributed by atoms with Gasteiger partial charge in [-0.25, -0.2) is 8.42 Å². The van der Waals surface area contributed by atoms with Crippen molar-refractivity contribution in [3.63, 3.8) is 0 Å². The van der Waals surface area contributed by atoms with Gasteiger partial charge in [0.25, 0.3) is 15.9 Å². The number of anilines is 2. The Bertz CT molecular complexity index is 1170. The van der Waals surface area contributed by atoms with E-state index in [1.807, 2.05) is 0 Å². The zero-order valence-corrected chi connectivity index (χ0v) is 16.2. The third-order valence-electron chi connectivity index (χ3n) is 4.07. The highest BCUT2D eigenvalue weighted by atomic mass is 32.2. The summed E-state index contributed by atoms with van der Waals surface area (Å²) in [6, 6.07) is 12.1. The van der Waals surface area contributed by atoms with Crippen LogP contribution in [0.3, 0.4) is 0 Å². The Morgan fingerprint density at radius 2 is 1.83 bits per heavy atom. The first-order chi connectivity index (χ1) is 13.9. The number of carbonyl (C=O) groups excluding carboxylic acids is 1. The molecule has 2 N–H and O–H groups in total. The molecular formula is C19H17N3O6S. The standard InChI is InChI=1S/C19H17N3O6S/c1-12-9-18(21-28-12)20-19(23)13-3-2-4-14(10-13)22-29(24,25)15-5-6-16-17(11-15)27-8-7-26-16/h2-6,9-11,22H,7-8H2,1H3,(H,20,21,23). The zero-order chi connectivity index (χ0) is 20.4. The molecule has 1 amide bonds. The van der Waals surface area contributed by atoms with Gasteiger partial charge in [-0.15, -0.1) is 0 Å². The SMILES string of the molecule is Cc1cc(NC(=O)c2cccc(NS(=O)(=O)c3ccc4c(c3)OCCO4)c2)no1. The van der Waals surface area contributed by atoms with Crippen molar-refractivity contribution in [2.24, 2.45) is 0 Å². The fraction of sp³-hybridized carbons (Fsp3) is 0.158. The first-order valence-corrected chi connectivity index (χ1v) is 10.2. The van der Waals surface area contributed by atoms with Crippen molar-refractivity contribution < 1.29 is 27.2 Å². The van der Waals surface area contributed by atoms with Crippen LogP contribution < -0.4 is 19.5 Å². The van der Waals surface area contributed by atoms with Gasteiger partial charge >= 0.3 is 0 Å². The second kappa shape index (κ2) is 7.47. The molecule has 0 bridgehead atoms. The van der Waals surface area contributed by atoms with Crippen molar-refractivity contribution in [1.82, 2.24) is 5.16 Å². The summed E-state index contributed by atoms with van der Waals surface area (Å²) >= 11 is 0. The molecule has 0 unspecified atom stereocenters. The Kier molecular flexibility index (Phi) is 4.85. The summed E-state index contributed by atoms with van der Waals surface area (Å²) in [5.74, 6) is 1.25. The number of ether oxygens (including phenoxy) is 2. The second-order valence-corrected chi connectivity index (χ2v) is 7.95. The number of sulfonamides is 1. The van der Waals surface area contributed by atoms with Gasteiger partial charge in [0.2, 0.25) is 0 Å². The van der Waals surface area contributed by atoms with E-state index in [1.54, 1.807) is 37.3 Å². The topological polar surface area (TPSA) is 120 Å². The molecule has 1 aliphatic heterocycles. The lowest BCUT2D eigenvalue weighted by Crippen LogP contribution is -2.17. The quantitative estimate of drug-likeness (QED) is 0.657. The lowest BCUT2D eigenvalue weighted by atomic mass is 10.2. The lowest BCUT2D eigenvalue weighted by Gasteiger charge is -2.19. The van der Waals surface area contributed by atoms with Gasteiger partial charge in [0, 0.05) is 23.4 Å². The monoisotopic (exact) mass is 415 g/mol. The molecule has 9 nitrogen and oxygen atoms in total. The summed E-state index contributed by atoms with van der Waals surface area (Å²) in [5.41, 5.74) is 0.497. The molecule has 1 aliphatic rings. The van der Waals surface area contributed by atoms with Crippen LogP contribution in [0.4, 0.5) is 11.5 Å². The summed E-state index contributed by atoms with van der Waals surface area (Å²) in [5, 5.41) is 6.28. The summed E-state index contributed by atoms with van der Waals surface area (Å²) < 4.78 is 43.7. The maximum absolute atomic E-state index is 12.7. The minimum Gasteiger partial charge on any atom is -0.486 e. The summed E-state index contributed by atoms with van der Waals surface area (Å²) in [7, 11) is -3.89. The number of hydrogen-bond acceptors (Lipinski definition) is 7. The van der Waals surface area contributed by atoms with E-state index in [9.17, 15) is 13.2 Å². The number of benzene rings is 2. The predicted molar refractivity (Wildman–Crippen MR) is 104 cm³/mol. The molecule has 0 aliphatic carbocycles. The van der Waals surface area contributed by atoms with Crippen LogP contribution in [0.1, 0.15) is 16.1 Å². The van der Waals surface area contributed by atoms with Crippen molar-refractivity contribution in [1.29, 1.82) is 0 Å². The number of nitrogens with one attached hydrogen (secondary N) is 2. The molecule has 2 aromatic carbocycles. The van der Waals surface area contributed by atoms with E-state index in [2.05, 4.69) is 15.2 Å². The van der Waals surface area contributed by atoms with Crippen molar-refractivity contribution in [2.75, 3.05) is 23.3 Å². The fourth-order valence-corrected chi connectivity index (χ4v) is 3.81. The van der Waals surface area contributed by atoms with Crippen molar-refractivity contribution in [2.45, 2.75) is 11.8 Å². The number of carbonyl (C=O) groups is 1. The zero-order valence-electron chi connectivity index (χ0n) is 15.3. The van der Waals surface area contributed by atoms with E-state index >= 15 is 0 Å². The predicted octanol–water partition coefficient (Wildman–Crippen LogP) is 2.81. The van der Waals surface area contributed by atoms with E-state index in [0.717, 1.165) is 0 Å². The molecule has 150 valence electrons. The molecule has 0 spiro atoms. The van der Waals surface area contributed by atoms with Gasteiger partial charge in [-0.3, -0.25) is 9.52 Å². The Morgan fingerprint density at radius 3 is 2.59 bits per heavy atom. The first-order valence-electron chi connectivity index (χ1n) is 8.68. The van der Waals surface area contributed by atoms with Crippen molar-refractivity contribution in [3.05, 3.63) is 59.9 Å². The van der Waals surface area contributed by atoms with Crippen LogP contribution in [0.25, 0.3) is 0 Å². The number of fused-ring (bicyclic) bond motifs is 1. The molecule has 1 aromatic heterocycles. The van der Waals surface area contributed by atoms with Gasteiger partial charge in [-0.2, -0.15) is 0 Å². The highest BCUT2D eigenvalue weighted by Gasteiger charge is 2.20. The Balaban J connectivity index is 1.53. The molecular weight excluding hydrogens is 398 g/mol. The third kappa shape index (κ3) is 4.16. The maximum Gasteiger partial charge on any atom is 0.262 e. The Labute approximate surface area is 166 Å². The minimum absolute atomic E-state index is 0.0228. The summed E-state index contributed by atoms with van der Waals surface area (Å²) in [4.78, 5) is 12.4. The molecule has 0 saturated carbocycles. The second-order valence-electron chi connectivity index (χ2n) is 6.27. The van der Waals surface area contributed by atoms with Crippen LogP contribution in [-0.4, -0.2) is 32.7 Å². The number of hydrogen-bond donors (Lipinski definition) is 2. The highest BCUT2D eigenvalue weighted by molar-refractivity contribution is 7.92. The van der Waals surface area contributed by atoms with Crippen LogP contribution in [0.5, 0.6) is 11.5 Å². The average molecular weight is 415 g/mol. The molecule has 0 radical (unpaired) electrons. The van der Waals surface area contributed by atoms with Crippen molar-refractivity contribution in [3.8, 4) is 11.5 Å². The Hall–Kier alpha value is -3.53. The third-order valence-corrected chi connectivity index (χ3v) is 5.45. The number of aromatic nitrogens is 1. The first kappa shape index (κ1) is 18.8. The lowest BCUT2D eigenvalue weighted by molar-refractivity contribution is 0.102. The number of nitrogens with zero attached hydrogens (tertiary/aromatic N) is 1. The van der Waals surface area contributed by atoms with E-state index in [4.69, 9.17) is 14.0 Å². The number of rotatable bonds is 5. The number of aryl methyl sites for hydroxylation is 1.